The van der Waals surface area contributed by atoms with Crippen molar-refractivity contribution in [1.82, 2.24) is 25.3 Å². The van der Waals surface area contributed by atoms with Crippen LogP contribution in [0.25, 0.3) is 0 Å². The number of hydrogen-bond donors (Lipinski definition) is 1. The highest BCUT2D eigenvalue weighted by atomic mass is 35.5. The molecule has 3 aliphatic rings. The summed E-state index contributed by atoms with van der Waals surface area (Å²) in [5.41, 5.74) is 2.71. The summed E-state index contributed by atoms with van der Waals surface area (Å²) in [6.07, 6.45) is 5.87. The number of halogens is 1. The molecule has 0 radical (unpaired) electrons. The number of amides is 2. The van der Waals surface area contributed by atoms with Gasteiger partial charge < -0.3 is 5.32 Å². The Labute approximate surface area is 213 Å². The van der Waals surface area contributed by atoms with Gasteiger partial charge in [0.2, 0.25) is 5.91 Å². The number of rotatable bonds is 6. The van der Waals surface area contributed by atoms with Crippen LogP contribution < -0.4 is 10.2 Å². The van der Waals surface area contributed by atoms with Gasteiger partial charge in [-0.2, -0.15) is 5.26 Å². The van der Waals surface area contributed by atoms with Gasteiger partial charge in [-0.15, -0.1) is 5.10 Å². The monoisotopic (exact) mass is 501 g/mol. The Morgan fingerprint density at radius 1 is 1.25 bits per heavy atom. The van der Waals surface area contributed by atoms with Crippen LogP contribution in [-0.4, -0.2) is 44.4 Å². The number of carbonyl (C=O) groups is 2. The van der Waals surface area contributed by atoms with Gasteiger partial charge in [0.15, 0.2) is 5.69 Å². The summed E-state index contributed by atoms with van der Waals surface area (Å²) in [6.45, 7) is 2.71. The number of nitrogens with one attached hydrogen (secondary N) is 1. The molecular formula is C26H24ClN7O2. The van der Waals surface area contributed by atoms with Gasteiger partial charge in [-0.05, 0) is 73.4 Å². The third-order valence-electron chi connectivity index (χ3n) is 7.64. The van der Waals surface area contributed by atoms with E-state index in [1.54, 1.807) is 34.1 Å². The third kappa shape index (κ3) is 4.01. The minimum absolute atomic E-state index is 0.00618. The molecule has 2 aliphatic carbocycles. The van der Waals surface area contributed by atoms with Crippen LogP contribution in [0.1, 0.15) is 65.3 Å². The van der Waals surface area contributed by atoms with E-state index in [-0.39, 0.29) is 41.4 Å². The summed E-state index contributed by atoms with van der Waals surface area (Å²) in [5.74, 6) is 1.47. The number of aromatic nitrogens is 4. The highest BCUT2D eigenvalue weighted by Crippen LogP contribution is 2.47. The predicted octanol–water partition coefficient (Wildman–Crippen LogP) is 3.47. The highest BCUT2D eigenvalue weighted by Gasteiger charge is 2.52. The summed E-state index contributed by atoms with van der Waals surface area (Å²) in [6, 6.07) is 11.1. The van der Waals surface area contributed by atoms with Crippen molar-refractivity contribution in [3.8, 4) is 6.07 Å². The van der Waals surface area contributed by atoms with Crippen molar-refractivity contribution in [2.75, 3.05) is 11.4 Å². The fraction of sp³-hybridized carbons (Fsp3) is 0.385. The summed E-state index contributed by atoms with van der Waals surface area (Å²) in [4.78, 5) is 31.3. The maximum atomic E-state index is 12.7. The molecule has 2 saturated carbocycles. The normalized spacial score (nSPS) is 25.0. The number of piperidine rings is 1. The van der Waals surface area contributed by atoms with E-state index in [1.165, 1.54) is 0 Å². The molecule has 10 heteroatoms. The van der Waals surface area contributed by atoms with E-state index in [0.29, 0.717) is 22.3 Å². The van der Waals surface area contributed by atoms with Crippen molar-refractivity contribution in [2.24, 2.45) is 11.8 Å². The molecule has 1 N–H and O–H groups in total. The van der Waals surface area contributed by atoms with Gasteiger partial charge in [0.25, 0.3) is 5.91 Å². The molecule has 1 aliphatic heterocycles. The number of fused-ring (bicyclic) bond motifs is 1. The lowest BCUT2D eigenvalue weighted by atomic mass is 9.74. The average Bonchev–Trinajstić information content (AvgIpc) is 3.32. The first-order valence-electron chi connectivity index (χ1n) is 12.1. The van der Waals surface area contributed by atoms with Crippen molar-refractivity contribution in [3.63, 3.8) is 0 Å². The highest BCUT2D eigenvalue weighted by molar-refractivity contribution is 6.30. The van der Waals surface area contributed by atoms with Gasteiger partial charge in [0.05, 0.1) is 23.9 Å². The standard InChI is InChI=1S/C26H24ClN7O2/c1-14(16-3-5-24(29-11-16)33-12-18-8-22(18)26(33)36)34-13-23(31-32-34)25(35)30-20-6-17(7-20)21-9-19(27)4-2-15(21)10-28/h2-5,9,11,13-14,17-18,20,22H,6-8,12H2,1H3,(H,30,35)/t14-,17-,18-,20+,22-/m1/s1. The first kappa shape index (κ1) is 22.7. The lowest BCUT2D eigenvalue weighted by molar-refractivity contribution is -0.118. The van der Waals surface area contributed by atoms with Gasteiger partial charge in [-0.1, -0.05) is 22.9 Å². The van der Waals surface area contributed by atoms with Crippen molar-refractivity contribution >= 4 is 29.2 Å². The Kier molecular flexibility index (Phi) is 5.49. The zero-order chi connectivity index (χ0) is 25.0. The fourth-order valence-corrected chi connectivity index (χ4v) is 5.41. The van der Waals surface area contributed by atoms with E-state index in [2.05, 4.69) is 26.7 Å². The molecule has 9 nitrogen and oxygen atoms in total. The molecule has 1 saturated heterocycles. The molecule has 3 aromatic rings. The molecule has 1 aromatic carbocycles. The van der Waals surface area contributed by atoms with Crippen molar-refractivity contribution < 1.29 is 9.59 Å². The maximum absolute atomic E-state index is 12.7. The second kappa shape index (κ2) is 8.71. The number of anilines is 1. The zero-order valence-electron chi connectivity index (χ0n) is 19.6. The largest absolute Gasteiger partial charge is 0.348 e. The minimum atomic E-state index is -0.275. The number of carbonyl (C=O) groups excluding carboxylic acids is 2. The minimum Gasteiger partial charge on any atom is -0.348 e. The summed E-state index contributed by atoms with van der Waals surface area (Å²) < 4.78 is 1.64. The smallest absolute Gasteiger partial charge is 0.273 e. The molecule has 0 bridgehead atoms. The fourth-order valence-electron chi connectivity index (χ4n) is 5.23. The topological polar surface area (TPSA) is 117 Å². The number of benzene rings is 1. The number of nitrogens with zero attached hydrogens (tertiary/aromatic N) is 6. The molecule has 0 spiro atoms. The number of hydrogen-bond acceptors (Lipinski definition) is 6. The molecule has 182 valence electrons. The van der Waals surface area contributed by atoms with Crippen LogP contribution in [0.3, 0.4) is 0 Å². The number of pyridine rings is 1. The second-order valence-corrected chi connectivity index (χ2v) is 10.4. The van der Waals surface area contributed by atoms with E-state index in [4.69, 9.17) is 11.6 Å². The molecule has 2 aromatic heterocycles. The summed E-state index contributed by atoms with van der Waals surface area (Å²) in [7, 11) is 0. The van der Waals surface area contributed by atoms with Gasteiger partial charge in [0.1, 0.15) is 5.82 Å². The maximum Gasteiger partial charge on any atom is 0.273 e. The Morgan fingerprint density at radius 3 is 2.78 bits per heavy atom. The van der Waals surface area contributed by atoms with Gasteiger partial charge in [0, 0.05) is 29.7 Å². The quantitative estimate of drug-likeness (QED) is 0.552. The Balaban J connectivity index is 1.06. The van der Waals surface area contributed by atoms with E-state index < -0.39 is 0 Å². The summed E-state index contributed by atoms with van der Waals surface area (Å²) in [5, 5.41) is 21.2. The molecule has 0 unspecified atom stereocenters. The van der Waals surface area contributed by atoms with Crippen LogP contribution in [0, 0.1) is 23.2 Å². The average molecular weight is 502 g/mol. The van der Waals surface area contributed by atoms with Crippen LogP contribution in [0.15, 0.2) is 42.7 Å². The first-order chi connectivity index (χ1) is 17.4. The van der Waals surface area contributed by atoms with Crippen LogP contribution in [0.2, 0.25) is 5.02 Å². The third-order valence-corrected chi connectivity index (χ3v) is 7.87. The van der Waals surface area contributed by atoms with Crippen LogP contribution in [-0.2, 0) is 4.79 Å². The second-order valence-electron chi connectivity index (χ2n) is 9.94. The Morgan fingerprint density at radius 2 is 2.08 bits per heavy atom. The van der Waals surface area contributed by atoms with Crippen molar-refractivity contribution in [1.29, 1.82) is 5.26 Å². The van der Waals surface area contributed by atoms with Crippen LogP contribution in [0.5, 0.6) is 0 Å². The Hall–Kier alpha value is -3.77. The predicted molar refractivity (Wildman–Crippen MR) is 131 cm³/mol. The zero-order valence-corrected chi connectivity index (χ0v) is 20.4. The lowest BCUT2D eigenvalue weighted by Crippen LogP contribution is -2.43. The molecule has 3 atom stereocenters. The van der Waals surface area contributed by atoms with Crippen LogP contribution >= 0.6 is 11.6 Å². The molecule has 3 fully saturated rings. The molecule has 3 heterocycles. The van der Waals surface area contributed by atoms with E-state index in [9.17, 15) is 14.9 Å². The van der Waals surface area contributed by atoms with Gasteiger partial charge in [-0.3, -0.25) is 14.5 Å². The SMILES string of the molecule is C[C@H](c1ccc(N2C[C@H]3C[C@H]3C2=O)nc1)n1cc(C(=O)N[C@H]2C[C@@H](c3cc(Cl)ccc3C#N)C2)nn1. The first-order valence-corrected chi connectivity index (χ1v) is 12.5. The lowest BCUT2D eigenvalue weighted by Gasteiger charge is -2.36. The molecule has 2 amide bonds. The molecule has 6 rings (SSSR count). The van der Waals surface area contributed by atoms with E-state index >= 15 is 0 Å². The van der Waals surface area contributed by atoms with E-state index in [1.807, 2.05) is 25.1 Å². The van der Waals surface area contributed by atoms with Crippen LogP contribution in [0.4, 0.5) is 5.82 Å². The Bertz CT molecular complexity index is 1390. The van der Waals surface area contributed by atoms with E-state index in [0.717, 1.165) is 36.9 Å². The van der Waals surface area contributed by atoms with Gasteiger partial charge in [-0.25, -0.2) is 9.67 Å². The molecule has 36 heavy (non-hydrogen) atoms. The van der Waals surface area contributed by atoms with Crippen molar-refractivity contribution in [2.45, 2.75) is 44.2 Å². The van der Waals surface area contributed by atoms with Gasteiger partial charge >= 0.3 is 0 Å². The molecular weight excluding hydrogens is 478 g/mol. The number of nitriles is 1. The summed E-state index contributed by atoms with van der Waals surface area (Å²) >= 11 is 6.11. The van der Waals surface area contributed by atoms with Crippen molar-refractivity contribution in [3.05, 3.63) is 70.1 Å².